The minimum atomic E-state index is -4.14. The molecule has 178 valence electrons. The molecule has 0 spiro atoms. The maximum Gasteiger partial charge on any atom is 0.246 e. The summed E-state index contributed by atoms with van der Waals surface area (Å²) in [4.78, 5) is 14.2. The summed E-state index contributed by atoms with van der Waals surface area (Å²) >= 11 is 0. The van der Waals surface area contributed by atoms with Crippen LogP contribution in [0.25, 0.3) is 0 Å². The Morgan fingerprint density at radius 2 is 1.64 bits per heavy atom. The first-order valence-corrected chi connectivity index (χ1v) is 12.8. The summed E-state index contributed by atoms with van der Waals surface area (Å²) < 4.78 is 54.2. The predicted molar refractivity (Wildman–Crippen MR) is 122 cm³/mol. The van der Waals surface area contributed by atoms with Crippen LogP contribution in [0.4, 0.5) is 14.5 Å². The highest BCUT2D eigenvalue weighted by atomic mass is 32.2. The summed E-state index contributed by atoms with van der Waals surface area (Å²) in [7, 11) is -4.14. The molecule has 4 rings (SSSR count). The van der Waals surface area contributed by atoms with Crippen molar-refractivity contribution in [1.29, 1.82) is 0 Å². The first-order chi connectivity index (χ1) is 15.8. The monoisotopic (exact) mass is 477 g/mol. The smallest absolute Gasteiger partial charge is 0.246 e. The molecule has 0 saturated carbocycles. The largest absolute Gasteiger partial charge is 0.382 e. The van der Waals surface area contributed by atoms with E-state index in [-0.39, 0.29) is 24.9 Å². The Morgan fingerprint density at radius 1 is 0.970 bits per heavy atom. The van der Waals surface area contributed by atoms with Crippen LogP contribution in [0.2, 0.25) is 0 Å². The van der Waals surface area contributed by atoms with E-state index in [1.807, 2.05) is 17.0 Å². The summed E-state index contributed by atoms with van der Waals surface area (Å²) in [6.07, 6.45) is 2.45. The fraction of sp³-hybridized carbons (Fsp3) is 0.458. The zero-order valence-electron chi connectivity index (χ0n) is 18.6. The van der Waals surface area contributed by atoms with Crippen LogP contribution in [0.3, 0.4) is 0 Å². The number of piperidine rings is 2. The number of carbonyl (C=O) groups is 1. The second-order valence-corrected chi connectivity index (χ2v) is 10.7. The molecule has 9 heteroatoms. The molecule has 2 aromatic carbocycles. The molecule has 0 radical (unpaired) electrons. The molecule has 0 atom stereocenters. The van der Waals surface area contributed by atoms with E-state index in [4.69, 9.17) is 0 Å². The maximum atomic E-state index is 14.0. The lowest BCUT2D eigenvalue weighted by Crippen LogP contribution is -2.48. The number of nitrogens with zero attached hydrogens (tertiary/aromatic N) is 2. The van der Waals surface area contributed by atoms with E-state index in [0.29, 0.717) is 38.0 Å². The Labute approximate surface area is 193 Å². The lowest BCUT2D eigenvalue weighted by atomic mass is 9.94. The van der Waals surface area contributed by atoms with Crippen molar-refractivity contribution in [3.05, 3.63) is 59.7 Å². The van der Waals surface area contributed by atoms with Crippen LogP contribution < -0.4 is 5.32 Å². The van der Waals surface area contributed by atoms with Crippen molar-refractivity contribution in [2.24, 2.45) is 5.92 Å². The number of aryl methyl sites for hydroxylation is 1. The van der Waals surface area contributed by atoms with Gasteiger partial charge < -0.3 is 10.2 Å². The first kappa shape index (κ1) is 23.6. The zero-order chi connectivity index (χ0) is 23.6. The number of anilines is 1. The fourth-order valence-corrected chi connectivity index (χ4v) is 6.16. The second-order valence-electron chi connectivity index (χ2n) is 8.81. The molecule has 1 N–H and O–H groups in total. The fourth-order valence-electron chi connectivity index (χ4n) is 4.61. The number of sulfonamides is 1. The van der Waals surface area contributed by atoms with Crippen molar-refractivity contribution in [2.45, 2.75) is 43.5 Å². The summed E-state index contributed by atoms with van der Waals surface area (Å²) in [6.45, 7) is 3.61. The number of benzene rings is 2. The standard InChI is InChI=1S/C24H29F2N3O3S/c1-17-4-2-3-5-22(17)27-20-10-12-28(13-11-20)24(30)18-8-14-29(15-9-18)33(31,32)23-16-19(25)6-7-21(23)26/h2-7,16,18,20,27H,8-15H2,1H3. The molecule has 2 aromatic rings. The Morgan fingerprint density at radius 3 is 2.30 bits per heavy atom. The lowest BCUT2D eigenvalue weighted by Gasteiger charge is -2.37. The topological polar surface area (TPSA) is 69.7 Å². The van der Waals surface area contributed by atoms with Crippen molar-refractivity contribution in [3.8, 4) is 0 Å². The molecule has 0 unspecified atom stereocenters. The highest BCUT2D eigenvalue weighted by Gasteiger charge is 2.36. The minimum Gasteiger partial charge on any atom is -0.382 e. The van der Waals surface area contributed by atoms with Gasteiger partial charge in [-0.3, -0.25) is 4.79 Å². The molecule has 0 aliphatic carbocycles. The van der Waals surface area contributed by atoms with E-state index >= 15 is 0 Å². The van der Waals surface area contributed by atoms with Gasteiger partial charge in [-0.15, -0.1) is 0 Å². The Hall–Kier alpha value is -2.52. The Balaban J connectivity index is 1.30. The van der Waals surface area contributed by atoms with Gasteiger partial charge in [0.05, 0.1) is 0 Å². The number of halogens is 2. The van der Waals surface area contributed by atoms with Gasteiger partial charge in [-0.1, -0.05) is 18.2 Å². The van der Waals surface area contributed by atoms with Gasteiger partial charge in [-0.05, 0) is 62.4 Å². The third-order valence-corrected chi connectivity index (χ3v) is 8.54. The molecule has 2 saturated heterocycles. The average Bonchev–Trinajstić information content (AvgIpc) is 2.82. The Kier molecular flexibility index (Phi) is 6.99. The number of amides is 1. The van der Waals surface area contributed by atoms with Gasteiger partial charge in [0.25, 0.3) is 0 Å². The highest BCUT2D eigenvalue weighted by molar-refractivity contribution is 7.89. The molecule has 2 aliphatic heterocycles. The van der Waals surface area contributed by atoms with Crippen LogP contribution in [0, 0.1) is 24.5 Å². The number of hydrogen-bond donors (Lipinski definition) is 1. The molecular formula is C24H29F2N3O3S. The summed E-state index contributed by atoms with van der Waals surface area (Å²) in [5.74, 6) is -1.98. The minimum absolute atomic E-state index is 0.0540. The predicted octanol–water partition coefficient (Wildman–Crippen LogP) is 3.78. The molecule has 2 aliphatic rings. The lowest BCUT2D eigenvalue weighted by molar-refractivity contribution is -0.137. The quantitative estimate of drug-likeness (QED) is 0.712. The number of carbonyl (C=O) groups excluding carboxylic acids is 1. The van der Waals surface area contributed by atoms with Gasteiger partial charge in [0.15, 0.2) is 0 Å². The van der Waals surface area contributed by atoms with Gasteiger partial charge in [0, 0.05) is 43.8 Å². The molecule has 2 heterocycles. The number of rotatable bonds is 5. The molecule has 2 fully saturated rings. The van der Waals surface area contributed by atoms with Crippen LogP contribution in [0.5, 0.6) is 0 Å². The van der Waals surface area contributed by atoms with Crippen molar-refractivity contribution in [3.63, 3.8) is 0 Å². The van der Waals surface area contributed by atoms with Crippen LogP contribution in [0.15, 0.2) is 47.4 Å². The second kappa shape index (κ2) is 9.77. The third-order valence-electron chi connectivity index (χ3n) is 6.63. The van der Waals surface area contributed by atoms with Crippen molar-refractivity contribution < 1.29 is 22.0 Å². The molecule has 1 amide bonds. The Bertz CT molecular complexity index is 1110. The van der Waals surface area contributed by atoms with E-state index in [1.54, 1.807) is 0 Å². The number of likely N-dealkylation sites (tertiary alicyclic amines) is 1. The van der Waals surface area contributed by atoms with Gasteiger partial charge in [-0.25, -0.2) is 17.2 Å². The van der Waals surface area contributed by atoms with Crippen LogP contribution in [-0.4, -0.2) is 55.8 Å². The zero-order valence-corrected chi connectivity index (χ0v) is 19.5. The van der Waals surface area contributed by atoms with Gasteiger partial charge in [0.2, 0.25) is 15.9 Å². The van der Waals surface area contributed by atoms with Crippen LogP contribution in [0.1, 0.15) is 31.2 Å². The van der Waals surface area contributed by atoms with Crippen LogP contribution in [-0.2, 0) is 14.8 Å². The number of nitrogens with one attached hydrogen (secondary N) is 1. The maximum absolute atomic E-state index is 14.0. The average molecular weight is 478 g/mol. The van der Waals surface area contributed by atoms with E-state index in [1.165, 1.54) is 5.56 Å². The van der Waals surface area contributed by atoms with E-state index in [2.05, 4.69) is 24.4 Å². The first-order valence-electron chi connectivity index (χ1n) is 11.3. The number of para-hydroxylation sites is 1. The molecule has 6 nitrogen and oxygen atoms in total. The molecule has 0 bridgehead atoms. The summed E-state index contributed by atoms with van der Waals surface area (Å²) in [5.41, 5.74) is 2.31. The van der Waals surface area contributed by atoms with E-state index < -0.39 is 26.6 Å². The molecule has 0 aromatic heterocycles. The summed E-state index contributed by atoms with van der Waals surface area (Å²) in [5, 5.41) is 3.57. The normalized spacial score (nSPS) is 18.9. The van der Waals surface area contributed by atoms with Crippen molar-refractivity contribution in [2.75, 3.05) is 31.5 Å². The molecular weight excluding hydrogens is 448 g/mol. The van der Waals surface area contributed by atoms with Gasteiger partial charge in [-0.2, -0.15) is 4.31 Å². The summed E-state index contributed by atoms with van der Waals surface area (Å²) in [6, 6.07) is 10.9. The molecule has 33 heavy (non-hydrogen) atoms. The SMILES string of the molecule is Cc1ccccc1NC1CCN(C(=O)C2CCN(S(=O)(=O)c3cc(F)ccc3F)CC2)CC1. The highest BCUT2D eigenvalue weighted by Crippen LogP contribution is 2.28. The van der Waals surface area contributed by atoms with Crippen LogP contribution >= 0.6 is 0 Å². The van der Waals surface area contributed by atoms with Gasteiger partial charge in [0.1, 0.15) is 16.5 Å². The van der Waals surface area contributed by atoms with E-state index in [0.717, 1.165) is 35.0 Å². The van der Waals surface area contributed by atoms with E-state index in [9.17, 15) is 22.0 Å². The van der Waals surface area contributed by atoms with Gasteiger partial charge >= 0.3 is 0 Å². The van der Waals surface area contributed by atoms with Crippen molar-refractivity contribution in [1.82, 2.24) is 9.21 Å². The van der Waals surface area contributed by atoms with Crippen molar-refractivity contribution >= 4 is 21.6 Å². The third kappa shape index (κ3) is 5.19. The number of hydrogen-bond acceptors (Lipinski definition) is 4.